The van der Waals surface area contributed by atoms with Crippen molar-refractivity contribution < 1.29 is 5.11 Å². The summed E-state index contributed by atoms with van der Waals surface area (Å²) in [5.74, 6) is 0. The van der Waals surface area contributed by atoms with Crippen LogP contribution in [0.5, 0.6) is 0 Å². The SMILES string of the molecule is CCC(O)CCn1[nH]nnc1=S. The van der Waals surface area contributed by atoms with Crippen LogP contribution in [0, 0.1) is 4.77 Å². The maximum Gasteiger partial charge on any atom is 0.238 e. The number of tetrazole rings is 1. The number of aliphatic hydroxyl groups is 1. The first-order chi connectivity index (χ1) is 5.74. The quantitative estimate of drug-likeness (QED) is 0.675. The van der Waals surface area contributed by atoms with Gasteiger partial charge < -0.3 is 5.11 Å². The number of aliphatic hydroxyl groups excluding tert-OH is 1. The van der Waals surface area contributed by atoms with Gasteiger partial charge in [0, 0.05) is 6.54 Å². The Morgan fingerprint density at radius 3 is 3.00 bits per heavy atom. The van der Waals surface area contributed by atoms with E-state index in [1.54, 1.807) is 4.68 Å². The van der Waals surface area contributed by atoms with E-state index in [9.17, 15) is 5.11 Å². The molecular weight excluding hydrogens is 176 g/mol. The fourth-order valence-corrected chi connectivity index (χ4v) is 1.02. The predicted octanol–water partition coefficient (Wildman–Crippen LogP) is 0.497. The van der Waals surface area contributed by atoms with E-state index in [2.05, 4.69) is 15.5 Å². The monoisotopic (exact) mass is 188 g/mol. The third kappa shape index (κ3) is 2.38. The molecule has 0 saturated heterocycles. The van der Waals surface area contributed by atoms with Crippen molar-refractivity contribution in [1.29, 1.82) is 0 Å². The van der Waals surface area contributed by atoms with Crippen LogP contribution in [0.3, 0.4) is 0 Å². The van der Waals surface area contributed by atoms with Crippen molar-refractivity contribution in [2.24, 2.45) is 0 Å². The van der Waals surface area contributed by atoms with Gasteiger partial charge in [-0.25, -0.2) is 4.68 Å². The number of rotatable bonds is 4. The Morgan fingerprint density at radius 1 is 1.75 bits per heavy atom. The summed E-state index contributed by atoms with van der Waals surface area (Å²) in [5.41, 5.74) is 0. The Balaban J connectivity index is 2.43. The van der Waals surface area contributed by atoms with E-state index in [4.69, 9.17) is 12.2 Å². The number of aryl methyl sites for hydroxylation is 1. The average Bonchev–Trinajstić information content (AvgIpc) is 2.47. The zero-order valence-electron chi connectivity index (χ0n) is 6.90. The number of nitrogens with one attached hydrogen (secondary N) is 1. The summed E-state index contributed by atoms with van der Waals surface area (Å²) >= 11 is 4.85. The van der Waals surface area contributed by atoms with E-state index in [0.29, 0.717) is 17.7 Å². The molecule has 0 aliphatic heterocycles. The molecule has 68 valence electrons. The number of H-pyrrole nitrogens is 1. The van der Waals surface area contributed by atoms with Crippen LogP contribution in [0.15, 0.2) is 0 Å². The second kappa shape index (κ2) is 4.32. The topological polar surface area (TPSA) is 66.7 Å². The Hall–Kier alpha value is -0.750. The minimum Gasteiger partial charge on any atom is -0.393 e. The fraction of sp³-hybridized carbons (Fsp3) is 0.833. The molecule has 0 spiro atoms. The Bertz CT molecular complexity index is 281. The first-order valence-electron chi connectivity index (χ1n) is 3.90. The molecule has 1 aromatic rings. The van der Waals surface area contributed by atoms with Gasteiger partial charge in [-0.2, -0.15) is 5.21 Å². The maximum absolute atomic E-state index is 9.25. The Morgan fingerprint density at radius 2 is 2.50 bits per heavy atom. The minimum atomic E-state index is -0.268. The molecule has 0 aromatic carbocycles. The molecule has 1 atom stereocenters. The van der Waals surface area contributed by atoms with Crippen molar-refractivity contribution in [3.05, 3.63) is 4.77 Å². The van der Waals surface area contributed by atoms with Gasteiger partial charge in [0.15, 0.2) is 0 Å². The lowest BCUT2D eigenvalue weighted by Crippen LogP contribution is -2.10. The van der Waals surface area contributed by atoms with Crippen molar-refractivity contribution >= 4 is 12.2 Å². The lowest BCUT2D eigenvalue weighted by atomic mass is 10.2. The molecule has 2 N–H and O–H groups in total. The highest BCUT2D eigenvalue weighted by atomic mass is 32.1. The summed E-state index contributed by atoms with van der Waals surface area (Å²) in [4.78, 5) is 0. The molecule has 12 heavy (non-hydrogen) atoms. The van der Waals surface area contributed by atoms with E-state index in [1.807, 2.05) is 6.92 Å². The van der Waals surface area contributed by atoms with Crippen LogP contribution < -0.4 is 0 Å². The number of hydrogen-bond donors (Lipinski definition) is 2. The second-order valence-electron chi connectivity index (χ2n) is 2.58. The molecule has 0 aliphatic rings. The Kier molecular flexibility index (Phi) is 3.36. The van der Waals surface area contributed by atoms with E-state index in [0.717, 1.165) is 6.42 Å². The smallest absolute Gasteiger partial charge is 0.238 e. The van der Waals surface area contributed by atoms with E-state index < -0.39 is 0 Å². The van der Waals surface area contributed by atoms with E-state index in [1.165, 1.54) is 0 Å². The molecule has 0 fully saturated rings. The summed E-state index contributed by atoms with van der Waals surface area (Å²) in [6, 6.07) is 0. The molecule has 1 rings (SSSR count). The van der Waals surface area contributed by atoms with Gasteiger partial charge in [-0.1, -0.05) is 17.2 Å². The van der Waals surface area contributed by atoms with Gasteiger partial charge in [0.25, 0.3) is 0 Å². The van der Waals surface area contributed by atoms with Crippen LogP contribution in [-0.4, -0.2) is 31.4 Å². The summed E-state index contributed by atoms with van der Waals surface area (Å²) in [6.07, 6.45) is 1.17. The van der Waals surface area contributed by atoms with Crippen LogP contribution in [-0.2, 0) is 6.54 Å². The summed E-state index contributed by atoms with van der Waals surface area (Å²) in [5, 5.41) is 19.0. The van der Waals surface area contributed by atoms with Gasteiger partial charge in [-0.3, -0.25) is 0 Å². The van der Waals surface area contributed by atoms with Crippen LogP contribution in [0.25, 0.3) is 0 Å². The number of hydrogen-bond acceptors (Lipinski definition) is 4. The molecule has 0 saturated carbocycles. The third-order valence-corrected chi connectivity index (χ3v) is 1.99. The molecular formula is C6H12N4OS. The zero-order valence-corrected chi connectivity index (χ0v) is 7.71. The predicted molar refractivity (Wildman–Crippen MR) is 46.1 cm³/mol. The summed E-state index contributed by atoms with van der Waals surface area (Å²) in [6.45, 7) is 2.58. The van der Waals surface area contributed by atoms with Crippen LogP contribution in [0.4, 0.5) is 0 Å². The second-order valence-corrected chi connectivity index (χ2v) is 2.95. The number of nitrogens with zero attached hydrogens (tertiary/aromatic N) is 3. The van der Waals surface area contributed by atoms with E-state index in [-0.39, 0.29) is 6.10 Å². The van der Waals surface area contributed by atoms with Crippen molar-refractivity contribution in [2.75, 3.05) is 0 Å². The molecule has 1 unspecified atom stereocenters. The molecule has 5 nitrogen and oxygen atoms in total. The normalized spacial score (nSPS) is 13.2. The first kappa shape index (κ1) is 9.34. The van der Waals surface area contributed by atoms with Crippen molar-refractivity contribution in [1.82, 2.24) is 20.2 Å². The van der Waals surface area contributed by atoms with Gasteiger partial charge >= 0.3 is 0 Å². The van der Waals surface area contributed by atoms with Crippen LogP contribution in [0.1, 0.15) is 19.8 Å². The molecule has 0 bridgehead atoms. The maximum atomic E-state index is 9.25. The highest BCUT2D eigenvalue weighted by Crippen LogP contribution is 1.98. The average molecular weight is 188 g/mol. The third-order valence-electron chi connectivity index (χ3n) is 1.69. The van der Waals surface area contributed by atoms with E-state index >= 15 is 0 Å². The standard InChI is InChI=1S/C6H12N4OS/c1-2-5(11)3-4-10-6(12)7-8-9-10/h5,11H,2-4H2,1H3,(H,7,9,12). The zero-order chi connectivity index (χ0) is 8.97. The molecule has 0 radical (unpaired) electrons. The largest absolute Gasteiger partial charge is 0.393 e. The highest BCUT2D eigenvalue weighted by Gasteiger charge is 2.01. The minimum absolute atomic E-state index is 0.268. The molecule has 6 heteroatoms. The lowest BCUT2D eigenvalue weighted by Gasteiger charge is -2.06. The Labute approximate surface area is 75.4 Å². The van der Waals surface area contributed by atoms with Gasteiger partial charge in [-0.15, -0.1) is 0 Å². The van der Waals surface area contributed by atoms with Crippen molar-refractivity contribution in [2.45, 2.75) is 32.4 Å². The molecule has 0 amide bonds. The van der Waals surface area contributed by atoms with Gasteiger partial charge in [0.1, 0.15) is 0 Å². The molecule has 1 aromatic heterocycles. The first-order valence-corrected chi connectivity index (χ1v) is 4.30. The molecule has 0 aliphatic carbocycles. The fourth-order valence-electron chi connectivity index (χ4n) is 0.844. The van der Waals surface area contributed by atoms with Crippen molar-refractivity contribution in [3.63, 3.8) is 0 Å². The molecule has 1 heterocycles. The highest BCUT2D eigenvalue weighted by molar-refractivity contribution is 7.71. The lowest BCUT2D eigenvalue weighted by molar-refractivity contribution is 0.152. The van der Waals surface area contributed by atoms with Crippen molar-refractivity contribution in [3.8, 4) is 0 Å². The van der Waals surface area contributed by atoms with Gasteiger partial charge in [0.05, 0.1) is 6.10 Å². The van der Waals surface area contributed by atoms with Gasteiger partial charge in [0.2, 0.25) is 4.77 Å². The summed E-state index contributed by atoms with van der Waals surface area (Å²) < 4.78 is 2.06. The number of aromatic nitrogens is 4. The summed E-state index contributed by atoms with van der Waals surface area (Å²) in [7, 11) is 0. The van der Waals surface area contributed by atoms with Crippen LogP contribution >= 0.6 is 12.2 Å². The number of aromatic amines is 1. The van der Waals surface area contributed by atoms with Crippen LogP contribution in [0.2, 0.25) is 0 Å². The van der Waals surface area contributed by atoms with Gasteiger partial charge in [-0.05, 0) is 25.1 Å².